The van der Waals surface area contributed by atoms with Crippen LogP contribution in [0.4, 0.5) is 0 Å². The van der Waals surface area contributed by atoms with Gasteiger partial charge in [-0.05, 0) is 24.3 Å². The summed E-state index contributed by atoms with van der Waals surface area (Å²) in [6, 6.07) is 11.0. The number of rotatable bonds is 6. The first-order valence-corrected chi connectivity index (χ1v) is 10.5. The van der Waals surface area contributed by atoms with Gasteiger partial charge in [-0.3, -0.25) is 4.79 Å². The van der Waals surface area contributed by atoms with E-state index < -0.39 is 0 Å². The second-order valence-electron chi connectivity index (χ2n) is 7.02. The summed E-state index contributed by atoms with van der Waals surface area (Å²) in [5.74, 6) is 1.95. The zero-order valence-electron chi connectivity index (χ0n) is 17.2. The minimum Gasteiger partial charge on any atom is -0.497 e. The van der Waals surface area contributed by atoms with Crippen molar-refractivity contribution in [3.63, 3.8) is 0 Å². The summed E-state index contributed by atoms with van der Waals surface area (Å²) < 4.78 is 23.0. The zero-order valence-corrected chi connectivity index (χ0v) is 18.0. The quantitative estimate of drug-likeness (QED) is 0.591. The molecule has 4 rings (SSSR count). The smallest absolute Gasteiger partial charge is 0.274 e. The summed E-state index contributed by atoms with van der Waals surface area (Å²) in [6.45, 7) is 1.25. The first-order chi connectivity index (χ1) is 14.6. The van der Waals surface area contributed by atoms with Gasteiger partial charge in [-0.25, -0.2) is 4.98 Å². The van der Waals surface area contributed by atoms with Crippen molar-refractivity contribution in [1.29, 1.82) is 0 Å². The Morgan fingerprint density at radius 3 is 2.27 bits per heavy atom. The topological polar surface area (TPSA) is 70.1 Å². The van der Waals surface area contributed by atoms with E-state index >= 15 is 0 Å². The third-order valence-electron chi connectivity index (χ3n) is 5.17. The average Bonchev–Trinajstić information content (AvgIpc) is 3.19. The van der Waals surface area contributed by atoms with Gasteiger partial charge in [0.05, 0.1) is 31.5 Å². The second kappa shape index (κ2) is 8.79. The van der Waals surface area contributed by atoms with E-state index in [1.807, 2.05) is 23.1 Å². The summed E-state index contributed by atoms with van der Waals surface area (Å²) >= 11 is 1.53. The Balaban J connectivity index is 1.38. The summed E-state index contributed by atoms with van der Waals surface area (Å²) in [6.07, 6.45) is 1.55. The SMILES string of the molecule is COc1cc(OC)cc(C(=O)N2CCC(Oc3nc4cc(OC)ccc4s3)CC2)c1. The lowest BCUT2D eigenvalue weighted by Crippen LogP contribution is -2.41. The van der Waals surface area contributed by atoms with Crippen LogP contribution in [0.2, 0.25) is 0 Å². The average molecular weight is 429 g/mol. The highest BCUT2D eigenvalue weighted by Crippen LogP contribution is 2.32. The Hall–Kier alpha value is -3.00. The van der Waals surface area contributed by atoms with Crippen molar-refractivity contribution in [3.8, 4) is 22.4 Å². The third kappa shape index (κ3) is 4.28. The Labute approximate surface area is 179 Å². The number of amides is 1. The highest BCUT2D eigenvalue weighted by molar-refractivity contribution is 7.20. The second-order valence-corrected chi connectivity index (χ2v) is 8.02. The third-order valence-corrected chi connectivity index (χ3v) is 6.10. The van der Waals surface area contributed by atoms with Crippen molar-refractivity contribution in [3.05, 3.63) is 42.0 Å². The number of ether oxygens (including phenoxy) is 4. The van der Waals surface area contributed by atoms with Crippen LogP contribution in [0, 0.1) is 0 Å². The van der Waals surface area contributed by atoms with Gasteiger partial charge in [0.2, 0.25) is 0 Å². The number of hydrogen-bond acceptors (Lipinski definition) is 7. The number of nitrogens with zero attached hydrogens (tertiary/aromatic N) is 2. The van der Waals surface area contributed by atoms with Crippen LogP contribution < -0.4 is 18.9 Å². The fourth-order valence-corrected chi connectivity index (χ4v) is 4.36. The molecule has 0 unspecified atom stereocenters. The van der Waals surface area contributed by atoms with E-state index in [2.05, 4.69) is 4.98 Å². The van der Waals surface area contributed by atoms with E-state index in [9.17, 15) is 4.79 Å². The molecule has 3 aromatic rings. The molecule has 0 aliphatic carbocycles. The molecule has 2 aromatic carbocycles. The van der Waals surface area contributed by atoms with Gasteiger partial charge in [0.15, 0.2) is 0 Å². The zero-order chi connectivity index (χ0) is 21.1. The van der Waals surface area contributed by atoms with Crippen molar-refractivity contribution in [2.45, 2.75) is 18.9 Å². The molecular weight excluding hydrogens is 404 g/mol. The highest BCUT2D eigenvalue weighted by atomic mass is 32.1. The number of thiazole rings is 1. The minimum absolute atomic E-state index is 0.0299. The molecule has 8 heteroatoms. The van der Waals surface area contributed by atoms with Crippen molar-refractivity contribution >= 4 is 27.5 Å². The number of methoxy groups -OCH3 is 3. The van der Waals surface area contributed by atoms with Crippen LogP contribution in [0.3, 0.4) is 0 Å². The maximum absolute atomic E-state index is 12.9. The van der Waals surface area contributed by atoms with Crippen LogP contribution in [-0.2, 0) is 0 Å². The largest absolute Gasteiger partial charge is 0.497 e. The van der Waals surface area contributed by atoms with Gasteiger partial charge in [0.25, 0.3) is 11.1 Å². The first kappa shape index (κ1) is 20.3. The van der Waals surface area contributed by atoms with Gasteiger partial charge in [-0.1, -0.05) is 11.3 Å². The van der Waals surface area contributed by atoms with E-state index in [4.69, 9.17) is 18.9 Å². The molecule has 0 spiro atoms. The minimum atomic E-state index is -0.0299. The predicted octanol–water partition coefficient (Wildman–Crippen LogP) is 4.01. The summed E-state index contributed by atoms with van der Waals surface area (Å²) in [7, 11) is 4.79. The van der Waals surface area contributed by atoms with Gasteiger partial charge >= 0.3 is 0 Å². The van der Waals surface area contributed by atoms with Crippen LogP contribution in [0.1, 0.15) is 23.2 Å². The molecule has 2 heterocycles. The molecule has 0 saturated carbocycles. The van der Waals surface area contributed by atoms with Crippen LogP contribution >= 0.6 is 11.3 Å². The highest BCUT2D eigenvalue weighted by Gasteiger charge is 2.26. The number of fused-ring (bicyclic) bond motifs is 1. The molecule has 158 valence electrons. The number of piperidine rings is 1. The van der Waals surface area contributed by atoms with Gasteiger partial charge in [-0.15, -0.1) is 0 Å². The summed E-state index contributed by atoms with van der Waals surface area (Å²) in [4.78, 5) is 19.3. The summed E-state index contributed by atoms with van der Waals surface area (Å²) in [5, 5.41) is 0.653. The fourth-order valence-electron chi connectivity index (χ4n) is 3.50. The van der Waals surface area contributed by atoms with Crippen LogP contribution in [0.5, 0.6) is 22.4 Å². The van der Waals surface area contributed by atoms with E-state index in [1.165, 1.54) is 11.3 Å². The van der Waals surface area contributed by atoms with E-state index in [1.54, 1.807) is 39.5 Å². The lowest BCUT2D eigenvalue weighted by Gasteiger charge is -2.31. The molecule has 7 nitrogen and oxygen atoms in total. The number of aromatic nitrogens is 1. The van der Waals surface area contributed by atoms with Gasteiger partial charge in [0, 0.05) is 43.6 Å². The number of carbonyl (C=O) groups excluding carboxylic acids is 1. The van der Waals surface area contributed by atoms with Crippen molar-refractivity contribution in [2.75, 3.05) is 34.4 Å². The predicted molar refractivity (Wildman–Crippen MR) is 115 cm³/mol. The molecule has 30 heavy (non-hydrogen) atoms. The standard InChI is InChI=1S/C22H24N2O5S/c1-26-16-4-5-20-19(13-16)23-22(30-20)29-15-6-8-24(9-7-15)21(25)14-10-17(27-2)12-18(11-14)28-3/h4-5,10-13,15H,6-9H2,1-3H3. The molecule has 1 amide bonds. The molecule has 0 bridgehead atoms. The maximum Gasteiger partial charge on any atom is 0.274 e. The Morgan fingerprint density at radius 1 is 0.967 bits per heavy atom. The first-order valence-electron chi connectivity index (χ1n) is 9.73. The Bertz CT molecular complexity index is 1020. The van der Waals surface area contributed by atoms with E-state index in [0.29, 0.717) is 35.3 Å². The fraction of sp³-hybridized carbons (Fsp3) is 0.364. The molecular formula is C22H24N2O5S. The Morgan fingerprint density at radius 2 is 1.63 bits per heavy atom. The van der Waals surface area contributed by atoms with Crippen LogP contribution in [0.15, 0.2) is 36.4 Å². The van der Waals surface area contributed by atoms with Crippen LogP contribution in [0.25, 0.3) is 10.2 Å². The molecule has 1 fully saturated rings. The van der Waals surface area contributed by atoms with Gasteiger partial charge in [-0.2, -0.15) is 0 Å². The lowest BCUT2D eigenvalue weighted by atomic mass is 10.1. The maximum atomic E-state index is 12.9. The molecule has 0 radical (unpaired) electrons. The molecule has 1 saturated heterocycles. The molecule has 0 N–H and O–H groups in total. The molecule has 1 aromatic heterocycles. The van der Waals surface area contributed by atoms with Crippen molar-refractivity contribution in [1.82, 2.24) is 9.88 Å². The van der Waals surface area contributed by atoms with E-state index in [-0.39, 0.29) is 12.0 Å². The van der Waals surface area contributed by atoms with Crippen molar-refractivity contribution < 1.29 is 23.7 Å². The Kier molecular flexibility index (Phi) is 5.94. The van der Waals surface area contributed by atoms with Crippen molar-refractivity contribution in [2.24, 2.45) is 0 Å². The molecule has 0 atom stereocenters. The van der Waals surface area contributed by atoms with Crippen LogP contribution in [-0.4, -0.2) is 56.3 Å². The molecule has 1 aliphatic heterocycles. The number of carbonyl (C=O) groups is 1. The van der Waals surface area contributed by atoms with Gasteiger partial charge < -0.3 is 23.8 Å². The van der Waals surface area contributed by atoms with E-state index in [0.717, 1.165) is 28.8 Å². The number of hydrogen-bond donors (Lipinski definition) is 0. The summed E-state index contributed by atoms with van der Waals surface area (Å²) in [5.41, 5.74) is 1.43. The normalized spacial score (nSPS) is 14.6. The lowest BCUT2D eigenvalue weighted by molar-refractivity contribution is 0.0595. The monoisotopic (exact) mass is 428 g/mol. The number of benzene rings is 2. The number of likely N-dealkylation sites (tertiary alicyclic amines) is 1. The van der Waals surface area contributed by atoms with Gasteiger partial charge in [0.1, 0.15) is 23.4 Å². The molecule has 1 aliphatic rings.